The maximum Gasteiger partial charge on any atom is 0.0543 e. The number of hydrogen-bond donors (Lipinski definition) is 1. The zero-order chi connectivity index (χ0) is 16.2. The van der Waals surface area contributed by atoms with Crippen molar-refractivity contribution in [1.29, 1.82) is 0 Å². The molecule has 0 aromatic heterocycles. The molecule has 3 aliphatic rings. The minimum atomic E-state index is -0.0326. The second-order valence-electron chi connectivity index (χ2n) is 8.74. The fourth-order valence-electron chi connectivity index (χ4n) is 6.54. The number of benzene rings is 1. The number of fused-ring (bicyclic) bond motifs is 5. The van der Waals surface area contributed by atoms with Gasteiger partial charge in [-0.25, -0.2) is 0 Å². The molecule has 0 aliphatic heterocycles. The van der Waals surface area contributed by atoms with Crippen molar-refractivity contribution in [3.63, 3.8) is 0 Å². The Labute approximate surface area is 141 Å². The number of hydrogen-bond acceptors (Lipinski definition) is 1. The van der Waals surface area contributed by atoms with Crippen LogP contribution in [-0.2, 0) is 12.8 Å². The van der Waals surface area contributed by atoms with Crippen LogP contribution in [0.4, 0.5) is 0 Å². The first-order valence-electron chi connectivity index (χ1n) is 9.84. The van der Waals surface area contributed by atoms with Gasteiger partial charge in [-0.3, -0.25) is 0 Å². The van der Waals surface area contributed by atoms with Gasteiger partial charge in [-0.2, -0.15) is 0 Å². The van der Waals surface area contributed by atoms with Gasteiger partial charge in [0.1, 0.15) is 0 Å². The molecule has 0 unspecified atom stereocenters. The summed E-state index contributed by atoms with van der Waals surface area (Å²) in [5.74, 6) is 2.37. The van der Waals surface area contributed by atoms with E-state index in [1.54, 1.807) is 16.7 Å². The van der Waals surface area contributed by atoms with Crippen molar-refractivity contribution < 1.29 is 5.11 Å². The maximum atomic E-state index is 10.1. The van der Waals surface area contributed by atoms with Crippen LogP contribution in [0.1, 0.15) is 80.5 Å². The number of aryl methyl sites for hydroxylation is 1. The Hall–Kier alpha value is -0.820. The molecule has 2 fully saturated rings. The maximum absolute atomic E-state index is 10.1. The van der Waals surface area contributed by atoms with E-state index in [1.807, 2.05) is 0 Å². The SMILES string of the molecule is CCc1c(C)ccc2c1CC[C@@H]1[C@@H]2CC[C@@H]2C[C@H](O)CC[C@]21C. The third-order valence-corrected chi connectivity index (χ3v) is 7.82. The minimum absolute atomic E-state index is 0.0326. The zero-order valence-corrected chi connectivity index (χ0v) is 15.1. The Balaban J connectivity index is 1.72. The van der Waals surface area contributed by atoms with E-state index < -0.39 is 0 Å². The van der Waals surface area contributed by atoms with Crippen molar-refractivity contribution in [3.8, 4) is 0 Å². The molecule has 1 heteroatoms. The van der Waals surface area contributed by atoms with E-state index in [0.717, 1.165) is 30.6 Å². The molecule has 0 bridgehead atoms. The van der Waals surface area contributed by atoms with Gasteiger partial charge in [0.25, 0.3) is 0 Å². The highest BCUT2D eigenvalue weighted by molar-refractivity contribution is 5.45. The molecule has 0 heterocycles. The van der Waals surface area contributed by atoms with Crippen LogP contribution >= 0.6 is 0 Å². The molecule has 5 atom stereocenters. The lowest BCUT2D eigenvalue weighted by Crippen LogP contribution is -2.48. The summed E-state index contributed by atoms with van der Waals surface area (Å²) in [6.45, 7) is 7.15. The standard InChI is InChI=1S/C22H32O/c1-4-17-14(2)5-7-19-18(17)9-10-21-20(19)8-6-15-13-16(23)11-12-22(15,21)3/h5,7,15-16,20-21,23H,4,6,8-13H2,1-3H3/t15-,16-,20-,21-,22-/m1/s1. The Morgan fingerprint density at radius 1 is 1.17 bits per heavy atom. The largest absolute Gasteiger partial charge is 0.393 e. The van der Waals surface area contributed by atoms with Crippen LogP contribution in [0.15, 0.2) is 12.1 Å². The van der Waals surface area contributed by atoms with Gasteiger partial charge in [-0.05, 0) is 104 Å². The highest BCUT2D eigenvalue weighted by Gasteiger charge is 2.51. The fourth-order valence-corrected chi connectivity index (χ4v) is 6.54. The van der Waals surface area contributed by atoms with Gasteiger partial charge in [-0.15, -0.1) is 0 Å². The van der Waals surface area contributed by atoms with Crippen LogP contribution in [0.5, 0.6) is 0 Å². The predicted molar refractivity (Wildman–Crippen MR) is 95.8 cm³/mol. The van der Waals surface area contributed by atoms with E-state index >= 15 is 0 Å². The summed E-state index contributed by atoms with van der Waals surface area (Å²) in [4.78, 5) is 0. The lowest BCUT2D eigenvalue weighted by molar-refractivity contribution is -0.0606. The lowest BCUT2D eigenvalue weighted by atomic mass is 9.49. The highest BCUT2D eigenvalue weighted by atomic mass is 16.3. The molecule has 1 N–H and O–H groups in total. The van der Waals surface area contributed by atoms with Gasteiger partial charge in [-0.1, -0.05) is 26.0 Å². The average Bonchev–Trinajstić information content (AvgIpc) is 2.55. The van der Waals surface area contributed by atoms with Crippen LogP contribution in [0, 0.1) is 24.2 Å². The van der Waals surface area contributed by atoms with E-state index in [-0.39, 0.29) is 6.10 Å². The summed E-state index contributed by atoms with van der Waals surface area (Å²) < 4.78 is 0. The van der Waals surface area contributed by atoms with Gasteiger partial charge in [0, 0.05) is 0 Å². The second-order valence-corrected chi connectivity index (χ2v) is 8.74. The number of aliphatic hydroxyl groups excluding tert-OH is 1. The smallest absolute Gasteiger partial charge is 0.0543 e. The average molecular weight is 312 g/mol. The second kappa shape index (κ2) is 5.62. The van der Waals surface area contributed by atoms with Crippen LogP contribution < -0.4 is 0 Å². The third kappa shape index (κ3) is 2.30. The Morgan fingerprint density at radius 2 is 2.00 bits per heavy atom. The Morgan fingerprint density at radius 3 is 2.78 bits per heavy atom. The Kier molecular flexibility index (Phi) is 3.83. The topological polar surface area (TPSA) is 20.2 Å². The van der Waals surface area contributed by atoms with Crippen LogP contribution in [-0.4, -0.2) is 11.2 Å². The monoisotopic (exact) mass is 312 g/mol. The third-order valence-electron chi connectivity index (χ3n) is 7.82. The quantitative estimate of drug-likeness (QED) is 0.759. The van der Waals surface area contributed by atoms with Gasteiger partial charge < -0.3 is 5.11 Å². The van der Waals surface area contributed by atoms with Gasteiger partial charge >= 0.3 is 0 Å². The molecule has 2 saturated carbocycles. The fraction of sp³-hybridized carbons (Fsp3) is 0.727. The molecule has 0 saturated heterocycles. The van der Waals surface area contributed by atoms with E-state index in [2.05, 4.69) is 32.9 Å². The molecule has 0 amide bonds. The first-order chi connectivity index (χ1) is 11.0. The van der Waals surface area contributed by atoms with Crippen molar-refractivity contribution in [2.45, 2.75) is 84.2 Å². The molecule has 126 valence electrons. The molecular formula is C22H32O. The van der Waals surface area contributed by atoms with Crippen molar-refractivity contribution in [2.24, 2.45) is 17.3 Å². The van der Waals surface area contributed by atoms with Crippen LogP contribution in [0.2, 0.25) is 0 Å². The van der Waals surface area contributed by atoms with E-state index in [1.165, 1.54) is 44.1 Å². The molecule has 1 aromatic carbocycles. The van der Waals surface area contributed by atoms with Crippen molar-refractivity contribution in [2.75, 3.05) is 0 Å². The summed E-state index contributed by atoms with van der Waals surface area (Å²) >= 11 is 0. The van der Waals surface area contributed by atoms with E-state index in [4.69, 9.17) is 0 Å². The van der Waals surface area contributed by atoms with Crippen LogP contribution in [0.3, 0.4) is 0 Å². The molecule has 1 nitrogen and oxygen atoms in total. The summed E-state index contributed by atoms with van der Waals surface area (Å²) in [6, 6.07) is 4.83. The predicted octanol–water partition coefficient (Wildman–Crippen LogP) is 5.16. The van der Waals surface area contributed by atoms with E-state index in [0.29, 0.717) is 5.41 Å². The molecule has 0 radical (unpaired) electrons. The highest BCUT2D eigenvalue weighted by Crippen LogP contribution is 2.61. The van der Waals surface area contributed by atoms with Crippen molar-refractivity contribution in [3.05, 3.63) is 34.4 Å². The summed E-state index contributed by atoms with van der Waals surface area (Å²) in [5, 5.41) is 10.1. The molecule has 23 heavy (non-hydrogen) atoms. The molecular weight excluding hydrogens is 280 g/mol. The number of aliphatic hydroxyl groups is 1. The molecule has 4 rings (SSSR count). The summed E-state index contributed by atoms with van der Waals surface area (Å²) in [5.41, 5.74) is 6.98. The van der Waals surface area contributed by atoms with Gasteiger partial charge in [0.05, 0.1) is 6.10 Å². The van der Waals surface area contributed by atoms with Gasteiger partial charge in [0.2, 0.25) is 0 Å². The van der Waals surface area contributed by atoms with Crippen molar-refractivity contribution >= 4 is 0 Å². The molecule has 3 aliphatic carbocycles. The summed E-state index contributed by atoms with van der Waals surface area (Å²) in [6.07, 6.45) is 9.79. The molecule has 1 aromatic rings. The lowest BCUT2D eigenvalue weighted by Gasteiger charge is -2.56. The molecule has 0 spiro atoms. The van der Waals surface area contributed by atoms with Gasteiger partial charge in [0.15, 0.2) is 0 Å². The first-order valence-corrected chi connectivity index (χ1v) is 9.84. The zero-order valence-electron chi connectivity index (χ0n) is 15.1. The minimum Gasteiger partial charge on any atom is -0.393 e. The number of rotatable bonds is 1. The first kappa shape index (κ1) is 15.7. The van der Waals surface area contributed by atoms with E-state index in [9.17, 15) is 5.11 Å². The Bertz CT molecular complexity index is 604. The van der Waals surface area contributed by atoms with Crippen LogP contribution in [0.25, 0.3) is 0 Å². The normalized spacial score (nSPS) is 39.3. The van der Waals surface area contributed by atoms with Crippen molar-refractivity contribution in [1.82, 2.24) is 0 Å². The summed E-state index contributed by atoms with van der Waals surface area (Å²) in [7, 11) is 0.